The molecule has 0 aliphatic heterocycles. The molecule has 0 aliphatic rings. The van der Waals surface area contributed by atoms with E-state index in [2.05, 4.69) is 19.9 Å². The van der Waals surface area contributed by atoms with Gasteiger partial charge in [-0.15, -0.1) is 11.3 Å². The van der Waals surface area contributed by atoms with Crippen molar-refractivity contribution in [3.8, 4) is 0 Å². The monoisotopic (exact) mass is 275 g/mol. The first-order chi connectivity index (χ1) is 8.83. The highest BCUT2D eigenvalue weighted by Crippen LogP contribution is 2.25. The molecule has 0 aromatic carbocycles. The fraction of sp³-hybridized carbons (Fsp3) is 0.0909. The molecule has 18 heavy (non-hydrogen) atoms. The number of aromatic nitrogens is 4. The van der Waals surface area contributed by atoms with Crippen molar-refractivity contribution in [1.82, 2.24) is 19.9 Å². The minimum Gasteiger partial charge on any atom is -0.383 e. The number of fused-ring (bicyclic) bond motifs is 1. The van der Waals surface area contributed by atoms with Gasteiger partial charge in [0.1, 0.15) is 22.8 Å². The van der Waals surface area contributed by atoms with E-state index < -0.39 is 0 Å². The van der Waals surface area contributed by atoms with Crippen LogP contribution in [0, 0.1) is 0 Å². The molecule has 0 atom stereocenters. The summed E-state index contributed by atoms with van der Waals surface area (Å²) in [7, 11) is 0. The molecule has 0 unspecified atom stereocenters. The van der Waals surface area contributed by atoms with Crippen molar-refractivity contribution in [3.05, 3.63) is 35.9 Å². The maximum absolute atomic E-state index is 5.89. The van der Waals surface area contributed by atoms with Crippen LogP contribution < -0.4 is 5.73 Å². The SMILES string of the molecule is Nc1nc(CSc2ccncn2)nc2sccc12. The van der Waals surface area contributed by atoms with E-state index in [1.165, 1.54) is 6.33 Å². The van der Waals surface area contributed by atoms with Gasteiger partial charge in [0, 0.05) is 6.20 Å². The van der Waals surface area contributed by atoms with Crippen molar-refractivity contribution in [2.24, 2.45) is 0 Å². The van der Waals surface area contributed by atoms with Gasteiger partial charge in [-0.25, -0.2) is 19.9 Å². The number of hydrogen-bond donors (Lipinski definition) is 1. The van der Waals surface area contributed by atoms with Crippen LogP contribution >= 0.6 is 23.1 Å². The molecule has 0 fully saturated rings. The summed E-state index contributed by atoms with van der Waals surface area (Å²) in [6.45, 7) is 0. The Morgan fingerprint density at radius 1 is 1.28 bits per heavy atom. The zero-order valence-electron chi connectivity index (χ0n) is 9.28. The van der Waals surface area contributed by atoms with E-state index in [0.29, 0.717) is 11.6 Å². The van der Waals surface area contributed by atoms with Crippen LogP contribution in [-0.4, -0.2) is 19.9 Å². The third kappa shape index (κ3) is 2.27. The summed E-state index contributed by atoms with van der Waals surface area (Å²) in [4.78, 5) is 17.7. The molecular formula is C11H9N5S2. The number of nitrogens with two attached hydrogens (primary N) is 1. The largest absolute Gasteiger partial charge is 0.383 e. The molecule has 2 N–H and O–H groups in total. The third-order valence-corrected chi connectivity index (χ3v) is 4.05. The van der Waals surface area contributed by atoms with E-state index in [1.54, 1.807) is 29.3 Å². The van der Waals surface area contributed by atoms with E-state index in [1.807, 2.05) is 17.5 Å². The van der Waals surface area contributed by atoms with Gasteiger partial charge in [0.2, 0.25) is 0 Å². The van der Waals surface area contributed by atoms with Crippen LogP contribution in [0.15, 0.2) is 35.1 Å². The van der Waals surface area contributed by atoms with Crippen molar-refractivity contribution >= 4 is 39.1 Å². The van der Waals surface area contributed by atoms with Crippen LogP contribution in [0.5, 0.6) is 0 Å². The van der Waals surface area contributed by atoms with Gasteiger partial charge < -0.3 is 5.73 Å². The zero-order chi connectivity index (χ0) is 12.4. The van der Waals surface area contributed by atoms with E-state index in [0.717, 1.165) is 21.1 Å². The normalized spacial score (nSPS) is 10.9. The highest BCUT2D eigenvalue weighted by molar-refractivity contribution is 7.98. The number of rotatable bonds is 3. The van der Waals surface area contributed by atoms with Gasteiger partial charge in [-0.05, 0) is 17.5 Å². The Morgan fingerprint density at radius 2 is 2.22 bits per heavy atom. The van der Waals surface area contributed by atoms with Crippen LogP contribution in [0.2, 0.25) is 0 Å². The maximum Gasteiger partial charge on any atom is 0.142 e. The van der Waals surface area contributed by atoms with Crippen LogP contribution in [0.1, 0.15) is 5.82 Å². The molecule has 3 aromatic heterocycles. The molecule has 3 rings (SSSR count). The average molecular weight is 275 g/mol. The summed E-state index contributed by atoms with van der Waals surface area (Å²) in [6.07, 6.45) is 3.24. The Hall–Kier alpha value is -1.73. The smallest absolute Gasteiger partial charge is 0.142 e. The zero-order valence-corrected chi connectivity index (χ0v) is 10.9. The van der Waals surface area contributed by atoms with Gasteiger partial charge in [0.25, 0.3) is 0 Å². The lowest BCUT2D eigenvalue weighted by Crippen LogP contribution is -1.98. The van der Waals surface area contributed by atoms with Crippen LogP contribution in [-0.2, 0) is 5.75 Å². The standard InChI is InChI=1S/C11H9N5S2/c12-10-7-2-4-17-11(7)16-8(15-10)5-18-9-1-3-13-6-14-9/h1-4,6H,5H2,(H2,12,15,16). The number of anilines is 1. The lowest BCUT2D eigenvalue weighted by Gasteiger charge is -2.02. The predicted molar refractivity (Wildman–Crippen MR) is 73.4 cm³/mol. The van der Waals surface area contributed by atoms with Gasteiger partial charge in [-0.3, -0.25) is 0 Å². The first-order valence-electron chi connectivity index (χ1n) is 5.21. The van der Waals surface area contributed by atoms with E-state index in [4.69, 9.17) is 5.73 Å². The van der Waals surface area contributed by atoms with Crippen molar-refractivity contribution in [2.45, 2.75) is 10.8 Å². The van der Waals surface area contributed by atoms with Crippen LogP contribution in [0.25, 0.3) is 10.2 Å². The van der Waals surface area contributed by atoms with E-state index >= 15 is 0 Å². The summed E-state index contributed by atoms with van der Waals surface area (Å²) in [5.41, 5.74) is 5.89. The first kappa shape index (κ1) is 11.4. The van der Waals surface area contributed by atoms with Crippen LogP contribution in [0.4, 0.5) is 5.82 Å². The van der Waals surface area contributed by atoms with Gasteiger partial charge >= 0.3 is 0 Å². The highest BCUT2D eigenvalue weighted by Gasteiger charge is 2.07. The van der Waals surface area contributed by atoms with E-state index in [9.17, 15) is 0 Å². The second kappa shape index (κ2) is 4.87. The van der Waals surface area contributed by atoms with Gasteiger partial charge in [0.15, 0.2) is 0 Å². The molecule has 3 heterocycles. The number of nitrogen functional groups attached to an aromatic ring is 1. The fourth-order valence-corrected chi connectivity index (χ4v) is 2.97. The fourth-order valence-electron chi connectivity index (χ4n) is 1.49. The Labute approximate surface area is 112 Å². The Morgan fingerprint density at radius 3 is 3.06 bits per heavy atom. The average Bonchev–Trinajstić information content (AvgIpc) is 2.86. The quantitative estimate of drug-likeness (QED) is 0.584. The summed E-state index contributed by atoms with van der Waals surface area (Å²) in [5, 5.41) is 3.80. The van der Waals surface area contributed by atoms with Crippen LogP contribution in [0.3, 0.4) is 0 Å². The Balaban J connectivity index is 1.82. The topological polar surface area (TPSA) is 77.6 Å². The Bertz CT molecular complexity index is 668. The molecule has 0 saturated carbocycles. The Kier molecular flexibility index (Phi) is 3.07. The molecule has 5 nitrogen and oxygen atoms in total. The number of nitrogens with zero attached hydrogens (tertiary/aromatic N) is 4. The minimum atomic E-state index is 0.541. The highest BCUT2D eigenvalue weighted by atomic mass is 32.2. The molecule has 0 aliphatic carbocycles. The predicted octanol–water partition coefficient (Wildman–Crippen LogP) is 2.36. The molecule has 90 valence electrons. The molecule has 0 bridgehead atoms. The third-order valence-electron chi connectivity index (χ3n) is 2.30. The van der Waals surface area contributed by atoms with Gasteiger partial charge in [-0.2, -0.15) is 0 Å². The molecule has 7 heteroatoms. The number of thioether (sulfide) groups is 1. The van der Waals surface area contributed by atoms with Crippen molar-refractivity contribution in [1.29, 1.82) is 0 Å². The molecule has 0 saturated heterocycles. The maximum atomic E-state index is 5.89. The second-order valence-corrected chi connectivity index (χ2v) is 5.39. The minimum absolute atomic E-state index is 0.541. The first-order valence-corrected chi connectivity index (χ1v) is 7.08. The van der Waals surface area contributed by atoms with E-state index in [-0.39, 0.29) is 0 Å². The molecule has 0 radical (unpaired) electrons. The lowest BCUT2D eigenvalue weighted by atomic mass is 10.4. The lowest BCUT2D eigenvalue weighted by molar-refractivity contribution is 1.03. The van der Waals surface area contributed by atoms with Gasteiger partial charge in [0.05, 0.1) is 16.2 Å². The van der Waals surface area contributed by atoms with Gasteiger partial charge in [-0.1, -0.05) is 11.8 Å². The summed E-state index contributed by atoms with van der Waals surface area (Å²) < 4.78 is 0. The molecule has 0 amide bonds. The molecule has 0 spiro atoms. The number of thiophene rings is 1. The number of hydrogen-bond acceptors (Lipinski definition) is 7. The van der Waals surface area contributed by atoms with Crippen molar-refractivity contribution in [2.75, 3.05) is 5.73 Å². The van der Waals surface area contributed by atoms with Crippen molar-refractivity contribution in [3.63, 3.8) is 0 Å². The summed E-state index contributed by atoms with van der Waals surface area (Å²) in [5.74, 6) is 1.92. The summed E-state index contributed by atoms with van der Waals surface area (Å²) in [6, 6.07) is 3.80. The second-order valence-electron chi connectivity index (χ2n) is 3.50. The molecular weight excluding hydrogens is 266 g/mol. The molecule has 3 aromatic rings. The van der Waals surface area contributed by atoms with Crippen molar-refractivity contribution < 1.29 is 0 Å². The summed E-state index contributed by atoms with van der Waals surface area (Å²) >= 11 is 3.14.